The first-order valence-electron chi connectivity index (χ1n) is 11.7. The monoisotopic (exact) mass is 497 g/mol. The summed E-state index contributed by atoms with van der Waals surface area (Å²) in [4.78, 5) is 23.2. The number of benzene rings is 1. The van der Waals surface area contributed by atoms with Crippen molar-refractivity contribution in [3.8, 4) is 5.69 Å². The summed E-state index contributed by atoms with van der Waals surface area (Å²) < 4.78 is 7.10. The first-order valence-corrected chi connectivity index (χ1v) is 12.1. The van der Waals surface area contributed by atoms with Gasteiger partial charge in [0.15, 0.2) is 5.11 Å². The highest BCUT2D eigenvalue weighted by atomic mass is 32.1. The van der Waals surface area contributed by atoms with Crippen LogP contribution in [0.4, 0.5) is 0 Å². The summed E-state index contributed by atoms with van der Waals surface area (Å²) in [6.45, 7) is 4.82. The van der Waals surface area contributed by atoms with Gasteiger partial charge in [0.05, 0.1) is 30.5 Å². The number of nitrogens with zero attached hydrogens (tertiary/aromatic N) is 4. The van der Waals surface area contributed by atoms with Crippen LogP contribution in [0.3, 0.4) is 0 Å². The maximum atomic E-state index is 12.2. The number of aryl methyl sites for hydroxylation is 1. The molecule has 1 fully saturated rings. The first-order chi connectivity index (χ1) is 17.5. The zero-order valence-corrected chi connectivity index (χ0v) is 21.2. The third-order valence-electron chi connectivity index (χ3n) is 6.61. The largest absolute Gasteiger partial charge is 0.465 e. The maximum absolute atomic E-state index is 12.2. The van der Waals surface area contributed by atoms with Crippen LogP contribution in [0.5, 0.6) is 0 Å². The van der Waals surface area contributed by atoms with Crippen molar-refractivity contribution in [2.45, 2.75) is 32.5 Å². The average molecular weight is 498 g/mol. The minimum absolute atomic E-state index is 0.0793. The molecule has 8 heteroatoms. The molecule has 7 nitrogen and oxygen atoms in total. The number of carbonyl (C=O) groups excluding carboxylic acids is 1. The molecule has 5 rings (SSSR count). The summed E-state index contributed by atoms with van der Waals surface area (Å²) in [7, 11) is 1.39. The predicted molar refractivity (Wildman–Crippen MR) is 142 cm³/mol. The number of hydrogen-bond donors (Lipinski definition) is 1. The van der Waals surface area contributed by atoms with Gasteiger partial charge in [0, 0.05) is 42.2 Å². The number of aromatic nitrogens is 3. The molecule has 0 aliphatic carbocycles. The molecule has 1 aliphatic heterocycles. The van der Waals surface area contributed by atoms with Gasteiger partial charge in [-0.1, -0.05) is 12.1 Å². The molecule has 36 heavy (non-hydrogen) atoms. The van der Waals surface area contributed by atoms with Crippen LogP contribution in [0.25, 0.3) is 5.69 Å². The van der Waals surface area contributed by atoms with E-state index in [0.717, 1.165) is 33.9 Å². The predicted octanol–water partition coefficient (Wildman–Crippen LogP) is 4.84. The van der Waals surface area contributed by atoms with Gasteiger partial charge in [-0.3, -0.25) is 9.97 Å². The second kappa shape index (κ2) is 9.91. The van der Waals surface area contributed by atoms with Crippen LogP contribution in [-0.2, 0) is 11.3 Å². The van der Waals surface area contributed by atoms with Gasteiger partial charge in [-0.25, -0.2) is 4.79 Å². The molecule has 0 spiro atoms. The van der Waals surface area contributed by atoms with E-state index in [0.29, 0.717) is 17.2 Å². The van der Waals surface area contributed by atoms with Crippen molar-refractivity contribution in [2.75, 3.05) is 7.11 Å². The number of pyridine rings is 2. The second-order valence-corrected chi connectivity index (χ2v) is 9.20. The topological polar surface area (TPSA) is 72.3 Å². The van der Waals surface area contributed by atoms with Crippen LogP contribution in [0, 0.1) is 13.8 Å². The standard InChI is InChI=1S/C28H27N5O2S/c1-18-15-23(19(2)33(18)22-8-6-7-21(16-22)27(34)35-3)26-25(24-9-4-5-12-30-24)31-28(36)32(26)17-20-10-13-29-14-11-20/h4-16,25-26H,17H2,1-3H3,(H,31,36)/t25-,26-/m1/s1. The van der Waals surface area contributed by atoms with E-state index in [4.69, 9.17) is 17.0 Å². The molecule has 2 atom stereocenters. The summed E-state index contributed by atoms with van der Waals surface area (Å²) in [5, 5.41) is 4.21. The smallest absolute Gasteiger partial charge is 0.337 e. The zero-order valence-electron chi connectivity index (χ0n) is 20.4. The molecule has 1 N–H and O–H groups in total. The lowest BCUT2D eigenvalue weighted by Crippen LogP contribution is -2.29. The van der Waals surface area contributed by atoms with E-state index in [1.54, 1.807) is 18.5 Å². The Labute approximate surface area is 215 Å². The van der Waals surface area contributed by atoms with Gasteiger partial charge in [-0.05, 0) is 85.7 Å². The first kappa shape index (κ1) is 23.7. The van der Waals surface area contributed by atoms with Gasteiger partial charge < -0.3 is 19.5 Å². The van der Waals surface area contributed by atoms with E-state index in [1.165, 1.54) is 7.11 Å². The Bertz CT molecular complexity index is 1400. The number of thiocarbonyl (C=S) groups is 1. The Kier molecular flexibility index (Phi) is 6.52. The van der Waals surface area contributed by atoms with E-state index < -0.39 is 0 Å². The number of hydrogen-bond acceptors (Lipinski definition) is 5. The maximum Gasteiger partial charge on any atom is 0.337 e. The fraction of sp³-hybridized carbons (Fsp3) is 0.214. The Morgan fingerprint density at radius 1 is 1.06 bits per heavy atom. The van der Waals surface area contributed by atoms with Gasteiger partial charge in [0.1, 0.15) is 0 Å². The molecule has 0 amide bonds. The summed E-state index contributed by atoms with van der Waals surface area (Å²) in [6.07, 6.45) is 5.41. The average Bonchev–Trinajstić information content (AvgIpc) is 3.39. The van der Waals surface area contributed by atoms with Gasteiger partial charge in [-0.2, -0.15) is 0 Å². The number of methoxy groups -OCH3 is 1. The van der Waals surface area contributed by atoms with Crippen LogP contribution < -0.4 is 5.32 Å². The zero-order chi connectivity index (χ0) is 25.2. The lowest BCUT2D eigenvalue weighted by molar-refractivity contribution is 0.0600. The van der Waals surface area contributed by atoms with Crippen molar-refractivity contribution in [1.29, 1.82) is 0 Å². The Morgan fingerprint density at radius 2 is 1.86 bits per heavy atom. The Hall–Kier alpha value is -4.04. The quantitative estimate of drug-likeness (QED) is 0.302. The van der Waals surface area contributed by atoms with Gasteiger partial charge in [0.25, 0.3) is 0 Å². The number of esters is 1. The van der Waals surface area contributed by atoms with Crippen molar-refractivity contribution >= 4 is 23.3 Å². The Balaban J connectivity index is 1.61. The van der Waals surface area contributed by atoms with Crippen LogP contribution >= 0.6 is 12.2 Å². The molecule has 0 bridgehead atoms. The number of nitrogens with one attached hydrogen (secondary N) is 1. The summed E-state index contributed by atoms with van der Waals surface area (Å²) in [6, 6.07) is 19.5. The van der Waals surface area contributed by atoms with E-state index in [1.807, 2.05) is 54.7 Å². The summed E-state index contributed by atoms with van der Waals surface area (Å²) in [5.41, 5.74) is 6.76. The third kappa shape index (κ3) is 4.35. The van der Waals surface area contributed by atoms with E-state index in [2.05, 4.69) is 44.7 Å². The lowest BCUT2D eigenvalue weighted by Gasteiger charge is -2.28. The minimum Gasteiger partial charge on any atom is -0.465 e. The van der Waals surface area contributed by atoms with Crippen molar-refractivity contribution in [2.24, 2.45) is 0 Å². The van der Waals surface area contributed by atoms with Crippen molar-refractivity contribution in [3.63, 3.8) is 0 Å². The molecular formula is C28H27N5O2S. The molecule has 4 heterocycles. The van der Waals surface area contributed by atoms with Gasteiger partial charge in [-0.15, -0.1) is 0 Å². The molecule has 0 saturated carbocycles. The van der Waals surface area contributed by atoms with Crippen LogP contribution in [-0.4, -0.2) is 37.6 Å². The van der Waals surface area contributed by atoms with Crippen molar-refractivity contribution in [1.82, 2.24) is 24.8 Å². The molecule has 1 aromatic carbocycles. The normalized spacial score (nSPS) is 17.2. The highest BCUT2D eigenvalue weighted by molar-refractivity contribution is 7.80. The van der Waals surface area contributed by atoms with Gasteiger partial charge >= 0.3 is 5.97 Å². The highest BCUT2D eigenvalue weighted by Gasteiger charge is 2.41. The van der Waals surface area contributed by atoms with E-state index >= 15 is 0 Å². The molecule has 4 aromatic rings. The molecule has 182 valence electrons. The minimum atomic E-state index is -0.358. The molecule has 0 radical (unpaired) electrons. The lowest BCUT2D eigenvalue weighted by atomic mass is 9.96. The van der Waals surface area contributed by atoms with E-state index in [9.17, 15) is 4.79 Å². The van der Waals surface area contributed by atoms with Crippen molar-refractivity contribution in [3.05, 3.63) is 113 Å². The van der Waals surface area contributed by atoms with Crippen LogP contribution in [0.2, 0.25) is 0 Å². The third-order valence-corrected chi connectivity index (χ3v) is 6.97. The number of ether oxygens (including phenoxy) is 1. The SMILES string of the molecule is COC(=O)c1cccc(-n2c(C)cc([C@@H]3[C@@H](c4ccccn4)NC(=S)N3Cc3ccncc3)c2C)c1. The molecule has 1 aliphatic rings. The molecular weight excluding hydrogens is 470 g/mol. The molecule has 0 unspecified atom stereocenters. The molecule has 1 saturated heterocycles. The molecule has 3 aromatic heterocycles. The fourth-order valence-corrected chi connectivity index (χ4v) is 5.28. The van der Waals surface area contributed by atoms with Gasteiger partial charge in [0.2, 0.25) is 0 Å². The Morgan fingerprint density at radius 3 is 2.58 bits per heavy atom. The summed E-state index contributed by atoms with van der Waals surface area (Å²) in [5.74, 6) is -0.358. The number of rotatable bonds is 6. The second-order valence-electron chi connectivity index (χ2n) is 8.81. The van der Waals surface area contributed by atoms with Crippen molar-refractivity contribution < 1.29 is 9.53 Å². The summed E-state index contributed by atoms with van der Waals surface area (Å²) >= 11 is 5.84. The number of carbonyl (C=O) groups is 1. The van der Waals surface area contributed by atoms with Crippen LogP contribution in [0.15, 0.2) is 79.3 Å². The van der Waals surface area contributed by atoms with E-state index in [-0.39, 0.29) is 18.1 Å². The van der Waals surface area contributed by atoms with Crippen LogP contribution in [0.1, 0.15) is 50.7 Å². The fourth-order valence-electron chi connectivity index (χ4n) is 4.97. The highest BCUT2D eigenvalue weighted by Crippen LogP contribution is 2.42.